The van der Waals surface area contributed by atoms with Crippen molar-refractivity contribution in [1.82, 2.24) is 4.57 Å². The molecule has 2 N–H and O–H groups in total. The number of nitrogens with two attached hydrogens (primary N) is 1. The van der Waals surface area contributed by atoms with Gasteiger partial charge in [0.2, 0.25) is 0 Å². The highest BCUT2D eigenvalue weighted by molar-refractivity contribution is 7.10. The predicted octanol–water partition coefficient (Wildman–Crippen LogP) is 2.36. The zero-order valence-electron chi connectivity index (χ0n) is 9.00. The summed E-state index contributed by atoms with van der Waals surface area (Å²) in [6.07, 6.45) is 1.91. The van der Waals surface area contributed by atoms with Crippen LogP contribution in [0.15, 0.2) is 35.8 Å². The lowest BCUT2D eigenvalue weighted by Crippen LogP contribution is -2.29. The highest BCUT2D eigenvalue weighted by Gasteiger charge is 2.20. The first-order valence-corrected chi connectivity index (χ1v) is 5.98. The van der Waals surface area contributed by atoms with Crippen molar-refractivity contribution in [2.45, 2.75) is 19.0 Å². The maximum Gasteiger partial charge on any atom is 0.120 e. The van der Waals surface area contributed by atoms with Gasteiger partial charge in [-0.05, 0) is 30.5 Å². The smallest absolute Gasteiger partial charge is 0.120 e. The highest BCUT2D eigenvalue weighted by Crippen LogP contribution is 2.26. The maximum absolute atomic E-state index is 9.03. The van der Waals surface area contributed by atoms with Gasteiger partial charge in [-0.15, -0.1) is 11.3 Å². The van der Waals surface area contributed by atoms with Gasteiger partial charge in [0.15, 0.2) is 0 Å². The summed E-state index contributed by atoms with van der Waals surface area (Å²) in [4.78, 5) is 1.18. The van der Waals surface area contributed by atoms with Gasteiger partial charge in [-0.3, -0.25) is 0 Å². The molecule has 0 bridgehead atoms. The minimum Gasteiger partial charge on any atom is -0.330 e. The van der Waals surface area contributed by atoms with E-state index in [4.69, 9.17) is 11.0 Å². The largest absolute Gasteiger partial charge is 0.330 e. The molecule has 0 saturated carbocycles. The Morgan fingerprint density at radius 3 is 2.81 bits per heavy atom. The van der Waals surface area contributed by atoms with E-state index in [9.17, 15) is 0 Å². The fraction of sp³-hybridized carbons (Fsp3) is 0.250. The molecule has 0 amide bonds. The van der Waals surface area contributed by atoms with Gasteiger partial charge in [-0.1, -0.05) is 6.07 Å². The molecule has 0 saturated heterocycles. The molecule has 2 aromatic heterocycles. The zero-order chi connectivity index (χ0) is 11.5. The standard InChI is InChI=1S/C12H13N3S/c1-9(14)12(11-5-3-7-16-11)15-6-2-4-10(15)8-13/h2-7,9,12H,14H2,1H3. The molecule has 0 aliphatic carbocycles. The number of aromatic nitrogens is 1. The molecule has 0 fully saturated rings. The fourth-order valence-corrected chi connectivity index (χ4v) is 2.78. The second-order valence-electron chi connectivity index (χ2n) is 3.73. The molecule has 4 heteroatoms. The SMILES string of the molecule is CC(N)C(c1cccs1)n1cccc1C#N. The normalized spacial score (nSPS) is 14.3. The number of hydrogen-bond acceptors (Lipinski definition) is 3. The van der Waals surface area contributed by atoms with Crippen molar-refractivity contribution in [3.63, 3.8) is 0 Å². The van der Waals surface area contributed by atoms with Crippen molar-refractivity contribution in [1.29, 1.82) is 5.26 Å². The van der Waals surface area contributed by atoms with Crippen LogP contribution < -0.4 is 5.73 Å². The minimum absolute atomic E-state index is 0.0295. The summed E-state index contributed by atoms with van der Waals surface area (Å²) >= 11 is 1.67. The van der Waals surface area contributed by atoms with E-state index in [1.807, 2.05) is 41.3 Å². The lowest BCUT2D eigenvalue weighted by atomic mass is 10.1. The first-order valence-electron chi connectivity index (χ1n) is 5.10. The van der Waals surface area contributed by atoms with Gasteiger partial charge < -0.3 is 10.3 Å². The minimum atomic E-state index is -0.0295. The Bertz CT molecular complexity index is 491. The van der Waals surface area contributed by atoms with Gasteiger partial charge in [0.25, 0.3) is 0 Å². The second kappa shape index (κ2) is 4.52. The van der Waals surface area contributed by atoms with Crippen LogP contribution in [0.25, 0.3) is 0 Å². The van der Waals surface area contributed by atoms with Gasteiger partial charge in [0.1, 0.15) is 11.8 Å². The molecule has 82 valence electrons. The van der Waals surface area contributed by atoms with Crippen LogP contribution in [-0.2, 0) is 0 Å². The Morgan fingerprint density at radius 1 is 1.44 bits per heavy atom. The van der Waals surface area contributed by atoms with Crippen LogP contribution in [0.3, 0.4) is 0 Å². The second-order valence-corrected chi connectivity index (χ2v) is 4.71. The van der Waals surface area contributed by atoms with Gasteiger partial charge in [-0.25, -0.2) is 0 Å². The summed E-state index contributed by atoms with van der Waals surface area (Å²) in [6.45, 7) is 1.96. The maximum atomic E-state index is 9.03. The fourth-order valence-electron chi connectivity index (χ4n) is 1.84. The molecule has 2 rings (SSSR count). The molecular formula is C12H13N3S. The molecule has 2 heterocycles. The monoisotopic (exact) mass is 231 g/mol. The number of hydrogen-bond donors (Lipinski definition) is 1. The zero-order valence-corrected chi connectivity index (χ0v) is 9.82. The van der Waals surface area contributed by atoms with Crippen molar-refractivity contribution < 1.29 is 0 Å². The summed E-state index contributed by atoms with van der Waals surface area (Å²) < 4.78 is 1.94. The van der Waals surface area contributed by atoms with Crippen LogP contribution in [0, 0.1) is 11.3 Å². The molecule has 2 aromatic rings. The first-order chi connectivity index (χ1) is 7.74. The van der Waals surface area contributed by atoms with Crippen LogP contribution in [-0.4, -0.2) is 10.6 Å². The summed E-state index contributed by atoms with van der Waals surface area (Å²) in [7, 11) is 0. The number of rotatable bonds is 3. The van der Waals surface area contributed by atoms with E-state index in [1.54, 1.807) is 11.3 Å². The predicted molar refractivity (Wildman–Crippen MR) is 65.3 cm³/mol. The van der Waals surface area contributed by atoms with E-state index in [1.165, 1.54) is 4.88 Å². The van der Waals surface area contributed by atoms with Crippen molar-refractivity contribution >= 4 is 11.3 Å². The van der Waals surface area contributed by atoms with Crippen molar-refractivity contribution in [3.05, 3.63) is 46.4 Å². The summed E-state index contributed by atoms with van der Waals surface area (Å²) in [5.74, 6) is 0. The molecule has 2 atom stereocenters. The Balaban J connectivity index is 2.46. The molecule has 0 aliphatic rings. The Kier molecular flexibility index (Phi) is 3.09. The number of nitrogens with zero attached hydrogens (tertiary/aromatic N) is 2. The molecule has 0 spiro atoms. The van der Waals surface area contributed by atoms with Crippen LogP contribution in [0.1, 0.15) is 23.5 Å². The van der Waals surface area contributed by atoms with Crippen LogP contribution >= 0.6 is 11.3 Å². The molecular weight excluding hydrogens is 218 g/mol. The number of thiophene rings is 1. The molecule has 0 radical (unpaired) electrons. The van der Waals surface area contributed by atoms with E-state index < -0.39 is 0 Å². The van der Waals surface area contributed by atoms with E-state index in [0.717, 1.165) is 0 Å². The molecule has 16 heavy (non-hydrogen) atoms. The molecule has 2 unspecified atom stereocenters. The van der Waals surface area contributed by atoms with Gasteiger partial charge in [0, 0.05) is 17.1 Å². The van der Waals surface area contributed by atoms with E-state index in [-0.39, 0.29) is 12.1 Å². The summed E-state index contributed by atoms with van der Waals surface area (Å²) in [5, 5.41) is 11.1. The van der Waals surface area contributed by atoms with Crippen LogP contribution in [0.5, 0.6) is 0 Å². The summed E-state index contributed by atoms with van der Waals surface area (Å²) in [5.41, 5.74) is 6.67. The molecule has 3 nitrogen and oxygen atoms in total. The van der Waals surface area contributed by atoms with Gasteiger partial charge in [-0.2, -0.15) is 5.26 Å². The lowest BCUT2D eigenvalue weighted by molar-refractivity contribution is 0.502. The third-order valence-corrected chi connectivity index (χ3v) is 3.47. The van der Waals surface area contributed by atoms with E-state index in [0.29, 0.717) is 5.69 Å². The Labute approximate surface area is 98.7 Å². The topological polar surface area (TPSA) is 54.7 Å². The van der Waals surface area contributed by atoms with E-state index in [2.05, 4.69) is 12.1 Å². The van der Waals surface area contributed by atoms with E-state index >= 15 is 0 Å². The molecule has 0 aliphatic heterocycles. The van der Waals surface area contributed by atoms with Crippen molar-refractivity contribution in [2.75, 3.05) is 0 Å². The Hall–Kier alpha value is -1.57. The average molecular weight is 231 g/mol. The van der Waals surface area contributed by atoms with Gasteiger partial charge in [0.05, 0.1) is 6.04 Å². The lowest BCUT2D eigenvalue weighted by Gasteiger charge is -2.22. The average Bonchev–Trinajstić information content (AvgIpc) is 2.88. The number of nitriles is 1. The van der Waals surface area contributed by atoms with Crippen LogP contribution in [0.4, 0.5) is 0 Å². The third-order valence-electron chi connectivity index (χ3n) is 2.53. The quantitative estimate of drug-likeness (QED) is 0.881. The summed E-state index contributed by atoms with van der Waals surface area (Å²) in [6, 6.07) is 9.95. The third kappa shape index (κ3) is 1.87. The van der Waals surface area contributed by atoms with Gasteiger partial charge >= 0.3 is 0 Å². The van der Waals surface area contributed by atoms with Crippen molar-refractivity contribution in [2.24, 2.45) is 5.73 Å². The Morgan fingerprint density at radius 2 is 2.25 bits per heavy atom. The molecule has 0 aromatic carbocycles. The first kappa shape index (κ1) is 10.9. The van der Waals surface area contributed by atoms with Crippen molar-refractivity contribution in [3.8, 4) is 6.07 Å². The highest BCUT2D eigenvalue weighted by atomic mass is 32.1. The van der Waals surface area contributed by atoms with Crippen LogP contribution in [0.2, 0.25) is 0 Å².